The minimum atomic E-state index is -0.234. The number of amides is 1. The molecule has 0 saturated carbocycles. The van der Waals surface area contributed by atoms with Crippen molar-refractivity contribution in [3.63, 3.8) is 0 Å². The average Bonchev–Trinajstić information content (AvgIpc) is 2.63. The van der Waals surface area contributed by atoms with E-state index < -0.39 is 0 Å². The van der Waals surface area contributed by atoms with Crippen LogP contribution in [0.2, 0.25) is 0 Å². The number of hydrogen-bond acceptors (Lipinski definition) is 4. The Bertz CT molecular complexity index is 690. The first kappa shape index (κ1) is 18.7. The van der Waals surface area contributed by atoms with E-state index in [9.17, 15) is 9.18 Å². The third-order valence-electron chi connectivity index (χ3n) is 3.72. The summed E-state index contributed by atoms with van der Waals surface area (Å²) < 4.78 is 23.2. The summed E-state index contributed by atoms with van der Waals surface area (Å²) in [6.07, 6.45) is 1.13. The minimum absolute atomic E-state index is 0.0993. The number of carbonyl (C=O) groups is 1. The summed E-state index contributed by atoms with van der Waals surface area (Å²) in [6.45, 7) is 1.29. The van der Waals surface area contributed by atoms with Gasteiger partial charge in [-0.15, -0.1) is 0 Å². The van der Waals surface area contributed by atoms with Gasteiger partial charge in [-0.2, -0.15) is 0 Å². The Kier molecular flexibility index (Phi) is 7.22. The van der Waals surface area contributed by atoms with Crippen molar-refractivity contribution in [2.24, 2.45) is 0 Å². The van der Waals surface area contributed by atoms with Gasteiger partial charge in [-0.3, -0.25) is 4.79 Å². The SMILES string of the molecule is COc1ccc(NC(=O)CCNCCc2ccc(F)cc2)c(OC)c1. The first-order valence-corrected chi connectivity index (χ1v) is 8.09. The standard InChI is InChI=1S/C19H23FN2O3/c1-24-16-7-8-17(18(13-16)25-2)22-19(23)10-12-21-11-9-14-3-5-15(20)6-4-14/h3-8,13,21H,9-12H2,1-2H3,(H,22,23). The fraction of sp³-hybridized carbons (Fsp3) is 0.316. The Morgan fingerprint density at radius 1 is 1.04 bits per heavy atom. The van der Waals surface area contributed by atoms with Crippen molar-refractivity contribution in [2.75, 3.05) is 32.6 Å². The van der Waals surface area contributed by atoms with Crippen molar-refractivity contribution in [1.29, 1.82) is 0 Å². The van der Waals surface area contributed by atoms with Gasteiger partial charge in [0.25, 0.3) is 0 Å². The van der Waals surface area contributed by atoms with E-state index in [4.69, 9.17) is 9.47 Å². The Morgan fingerprint density at radius 3 is 2.48 bits per heavy atom. The number of hydrogen-bond donors (Lipinski definition) is 2. The van der Waals surface area contributed by atoms with Crippen molar-refractivity contribution in [3.8, 4) is 11.5 Å². The summed E-state index contributed by atoms with van der Waals surface area (Å²) >= 11 is 0. The minimum Gasteiger partial charge on any atom is -0.497 e. The third-order valence-corrected chi connectivity index (χ3v) is 3.72. The predicted molar refractivity (Wildman–Crippen MR) is 95.8 cm³/mol. The van der Waals surface area contributed by atoms with Crippen LogP contribution in [0, 0.1) is 5.82 Å². The highest BCUT2D eigenvalue weighted by Crippen LogP contribution is 2.28. The monoisotopic (exact) mass is 346 g/mol. The fourth-order valence-corrected chi connectivity index (χ4v) is 2.33. The molecule has 0 fully saturated rings. The maximum Gasteiger partial charge on any atom is 0.225 e. The summed E-state index contributed by atoms with van der Waals surface area (Å²) in [5, 5.41) is 6.03. The lowest BCUT2D eigenvalue weighted by atomic mass is 10.1. The van der Waals surface area contributed by atoms with Crippen LogP contribution in [0.4, 0.5) is 10.1 Å². The van der Waals surface area contributed by atoms with E-state index in [0.717, 1.165) is 18.5 Å². The Hall–Kier alpha value is -2.60. The van der Waals surface area contributed by atoms with Gasteiger partial charge in [0.1, 0.15) is 17.3 Å². The molecular weight excluding hydrogens is 323 g/mol. The topological polar surface area (TPSA) is 59.6 Å². The number of benzene rings is 2. The molecule has 0 radical (unpaired) electrons. The fourth-order valence-electron chi connectivity index (χ4n) is 2.33. The van der Waals surface area contributed by atoms with Crippen molar-refractivity contribution in [1.82, 2.24) is 5.32 Å². The normalized spacial score (nSPS) is 10.4. The van der Waals surface area contributed by atoms with E-state index >= 15 is 0 Å². The van der Waals surface area contributed by atoms with Gasteiger partial charge in [-0.1, -0.05) is 12.1 Å². The highest BCUT2D eigenvalue weighted by Gasteiger charge is 2.08. The molecule has 2 rings (SSSR count). The Balaban J connectivity index is 1.71. The van der Waals surface area contributed by atoms with Crippen LogP contribution in [0.15, 0.2) is 42.5 Å². The number of rotatable bonds is 9. The molecule has 1 amide bonds. The molecule has 0 atom stereocenters. The van der Waals surface area contributed by atoms with Crippen LogP contribution in [0.3, 0.4) is 0 Å². The second-order valence-electron chi connectivity index (χ2n) is 5.49. The lowest BCUT2D eigenvalue weighted by Gasteiger charge is -2.12. The number of nitrogens with one attached hydrogen (secondary N) is 2. The quantitative estimate of drug-likeness (QED) is 0.685. The lowest BCUT2D eigenvalue weighted by molar-refractivity contribution is -0.116. The van der Waals surface area contributed by atoms with Gasteiger partial charge in [0.2, 0.25) is 5.91 Å². The van der Waals surface area contributed by atoms with E-state index in [1.54, 1.807) is 44.6 Å². The van der Waals surface area contributed by atoms with Crippen LogP contribution in [-0.4, -0.2) is 33.2 Å². The Morgan fingerprint density at radius 2 is 1.80 bits per heavy atom. The number of halogens is 1. The van der Waals surface area contributed by atoms with Gasteiger partial charge < -0.3 is 20.1 Å². The highest BCUT2D eigenvalue weighted by molar-refractivity contribution is 5.92. The zero-order valence-corrected chi connectivity index (χ0v) is 14.5. The molecule has 0 aliphatic heterocycles. The van der Waals surface area contributed by atoms with Gasteiger partial charge in [0.05, 0.1) is 19.9 Å². The number of ether oxygens (including phenoxy) is 2. The number of methoxy groups -OCH3 is 2. The molecule has 2 N–H and O–H groups in total. The first-order chi connectivity index (χ1) is 12.1. The molecule has 0 saturated heterocycles. The molecule has 5 nitrogen and oxygen atoms in total. The maximum absolute atomic E-state index is 12.8. The molecule has 0 spiro atoms. The molecule has 6 heteroatoms. The third kappa shape index (κ3) is 6.08. The van der Waals surface area contributed by atoms with Gasteiger partial charge in [0.15, 0.2) is 0 Å². The molecule has 0 aromatic heterocycles. The van der Waals surface area contributed by atoms with Crippen LogP contribution in [0.25, 0.3) is 0 Å². The summed E-state index contributed by atoms with van der Waals surface area (Å²) in [5.41, 5.74) is 1.67. The lowest BCUT2D eigenvalue weighted by Crippen LogP contribution is -2.23. The average molecular weight is 346 g/mol. The maximum atomic E-state index is 12.8. The highest BCUT2D eigenvalue weighted by atomic mass is 19.1. The van der Waals surface area contributed by atoms with Gasteiger partial charge >= 0.3 is 0 Å². The van der Waals surface area contributed by atoms with E-state index in [1.807, 2.05) is 0 Å². The molecular formula is C19H23FN2O3. The second kappa shape index (κ2) is 9.64. The second-order valence-corrected chi connectivity index (χ2v) is 5.49. The smallest absolute Gasteiger partial charge is 0.225 e. The van der Waals surface area contributed by atoms with Gasteiger partial charge in [-0.05, 0) is 42.8 Å². The van der Waals surface area contributed by atoms with Crippen molar-refractivity contribution in [2.45, 2.75) is 12.8 Å². The van der Waals surface area contributed by atoms with Crippen LogP contribution in [0.5, 0.6) is 11.5 Å². The molecule has 2 aromatic carbocycles. The molecule has 0 heterocycles. The molecule has 134 valence electrons. The zero-order valence-electron chi connectivity index (χ0n) is 14.5. The summed E-state index contributed by atoms with van der Waals surface area (Å²) in [6, 6.07) is 11.7. The first-order valence-electron chi connectivity index (χ1n) is 8.09. The summed E-state index contributed by atoms with van der Waals surface area (Å²) in [5.74, 6) is 0.884. The summed E-state index contributed by atoms with van der Waals surface area (Å²) in [4.78, 5) is 12.0. The molecule has 0 aliphatic rings. The van der Waals surface area contributed by atoms with Crippen molar-refractivity contribution in [3.05, 3.63) is 53.8 Å². The van der Waals surface area contributed by atoms with E-state index in [0.29, 0.717) is 30.2 Å². The van der Waals surface area contributed by atoms with E-state index in [2.05, 4.69) is 10.6 Å². The Labute approximate surface area is 147 Å². The van der Waals surface area contributed by atoms with Crippen LogP contribution < -0.4 is 20.1 Å². The molecule has 0 bridgehead atoms. The van der Waals surface area contributed by atoms with Crippen LogP contribution in [0.1, 0.15) is 12.0 Å². The van der Waals surface area contributed by atoms with E-state index in [-0.39, 0.29) is 11.7 Å². The molecule has 0 unspecified atom stereocenters. The molecule has 2 aromatic rings. The predicted octanol–water partition coefficient (Wildman–Crippen LogP) is 3.00. The molecule has 0 aliphatic carbocycles. The van der Waals surface area contributed by atoms with Crippen LogP contribution >= 0.6 is 0 Å². The number of carbonyl (C=O) groups excluding carboxylic acids is 1. The van der Waals surface area contributed by atoms with Gasteiger partial charge in [0, 0.05) is 19.0 Å². The van der Waals surface area contributed by atoms with E-state index in [1.165, 1.54) is 12.1 Å². The zero-order chi connectivity index (χ0) is 18.1. The summed E-state index contributed by atoms with van der Waals surface area (Å²) in [7, 11) is 3.12. The van der Waals surface area contributed by atoms with Gasteiger partial charge in [-0.25, -0.2) is 4.39 Å². The van der Waals surface area contributed by atoms with Crippen molar-refractivity contribution < 1.29 is 18.7 Å². The van der Waals surface area contributed by atoms with Crippen LogP contribution in [-0.2, 0) is 11.2 Å². The number of anilines is 1. The molecule has 25 heavy (non-hydrogen) atoms. The largest absolute Gasteiger partial charge is 0.497 e. The van der Waals surface area contributed by atoms with Crippen molar-refractivity contribution >= 4 is 11.6 Å².